The highest BCUT2D eigenvalue weighted by atomic mass is 16.1. The van der Waals surface area contributed by atoms with Gasteiger partial charge in [-0.2, -0.15) is 5.26 Å². The number of allylic oxidation sites excluding steroid dienone is 1. The van der Waals surface area contributed by atoms with Crippen molar-refractivity contribution < 1.29 is 4.79 Å². The molecule has 0 atom stereocenters. The number of rotatable bonds is 1. The number of carbonyl (C=O) groups excluding carboxylic acids is 1. The van der Waals surface area contributed by atoms with Crippen molar-refractivity contribution in [1.29, 1.82) is 5.26 Å². The normalized spacial score (nSPS) is 11.4. The zero-order valence-electron chi connectivity index (χ0n) is 4.59. The van der Waals surface area contributed by atoms with E-state index in [-0.39, 0.29) is 5.70 Å². The number of nitriles is 1. The maximum absolute atomic E-state index is 10.1. The average Bonchev–Trinajstić information content (AvgIpc) is 1.84. The minimum absolute atomic E-state index is 0.345. The summed E-state index contributed by atoms with van der Waals surface area (Å²) in [7, 11) is 0. The van der Waals surface area contributed by atoms with Gasteiger partial charge in [-0.3, -0.25) is 4.79 Å². The lowest BCUT2D eigenvalue weighted by Crippen LogP contribution is -2.24. The summed E-state index contributed by atoms with van der Waals surface area (Å²) in [6, 6.07) is 1.48. The van der Waals surface area contributed by atoms with Crippen molar-refractivity contribution in [2.75, 3.05) is 0 Å². The molecule has 0 aromatic carbocycles. The summed E-state index contributed by atoms with van der Waals surface area (Å²) < 4.78 is 0. The fraction of sp³-hybridized carbons (Fsp3) is 0. The van der Waals surface area contributed by atoms with Crippen LogP contribution >= 0.6 is 0 Å². The van der Waals surface area contributed by atoms with Crippen molar-refractivity contribution in [3.63, 3.8) is 0 Å². The van der Waals surface area contributed by atoms with Crippen molar-refractivity contribution >= 4 is 5.91 Å². The van der Waals surface area contributed by atoms with E-state index in [0.29, 0.717) is 0 Å². The van der Waals surface area contributed by atoms with Crippen molar-refractivity contribution in [2.24, 2.45) is 17.2 Å². The van der Waals surface area contributed by atoms with E-state index in [1.54, 1.807) is 0 Å². The van der Waals surface area contributed by atoms with Gasteiger partial charge in [0.2, 0.25) is 0 Å². The Kier molecular flexibility index (Phi) is 2.08. The molecular weight excluding hydrogens is 120 g/mol. The molecule has 0 fully saturated rings. The summed E-state index contributed by atoms with van der Waals surface area (Å²) in [4.78, 5) is 10.1. The SMILES string of the molecule is N#CC(N)=C(N)C(N)=O. The van der Waals surface area contributed by atoms with Gasteiger partial charge in [-0.25, -0.2) is 0 Å². The average molecular weight is 126 g/mol. The van der Waals surface area contributed by atoms with E-state index in [0.717, 1.165) is 0 Å². The van der Waals surface area contributed by atoms with Crippen LogP contribution in [0.3, 0.4) is 0 Å². The van der Waals surface area contributed by atoms with Crippen molar-refractivity contribution in [1.82, 2.24) is 0 Å². The third-order valence-electron chi connectivity index (χ3n) is 0.676. The minimum Gasteiger partial charge on any atom is -0.392 e. The van der Waals surface area contributed by atoms with Gasteiger partial charge in [0.15, 0.2) is 0 Å². The Morgan fingerprint density at radius 3 is 1.89 bits per heavy atom. The van der Waals surface area contributed by atoms with Gasteiger partial charge in [0.05, 0.1) is 0 Å². The molecule has 5 heteroatoms. The number of primary amides is 1. The Balaban J connectivity index is 4.54. The first-order chi connectivity index (χ1) is 4.09. The molecule has 0 aromatic heterocycles. The Labute approximate surface area is 51.7 Å². The van der Waals surface area contributed by atoms with Crippen LogP contribution in [0.5, 0.6) is 0 Å². The van der Waals surface area contributed by atoms with Crippen LogP contribution in [-0.4, -0.2) is 5.91 Å². The summed E-state index contributed by atoms with van der Waals surface area (Å²) >= 11 is 0. The Morgan fingerprint density at radius 2 is 1.78 bits per heavy atom. The van der Waals surface area contributed by atoms with Gasteiger partial charge < -0.3 is 17.2 Å². The molecule has 0 rings (SSSR count). The molecule has 48 valence electrons. The summed E-state index contributed by atoms with van der Waals surface area (Å²) in [5.74, 6) is -0.881. The second-order valence-electron chi connectivity index (χ2n) is 1.30. The third kappa shape index (κ3) is 1.69. The van der Waals surface area contributed by atoms with Gasteiger partial charge in [-0.05, 0) is 0 Å². The van der Waals surface area contributed by atoms with Gasteiger partial charge >= 0.3 is 0 Å². The molecule has 0 spiro atoms. The van der Waals surface area contributed by atoms with Gasteiger partial charge in [-0.15, -0.1) is 0 Å². The molecular formula is C4H6N4O. The zero-order chi connectivity index (χ0) is 7.44. The smallest absolute Gasteiger partial charge is 0.267 e. The van der Waals surface area contributed by atoms with E-state index in [2.05, 4.69) is 5.73 Å². The molecule has 0 aliphatic rings. The van der Waals surface area contributed by atoms with Crippen molar-refractivity contribution in [2.45, 2.75) is 0 Å². The lowest BCUT2D eigenvalue weighted by Gasteiger charge is -1.92. The molecule has 0 radical (unpaired) electrons. The first-order valence-electron chi connectivity index (χ1n) is 2.04. The van der Waals surface area contributed by atoms with Crippen LogP contribution in [0, 0.1) is 11.3 Å². The predicted octanol–water partition coefficient (Wildman–Crippen LogP) is -1.88. The van der Waals surface area contributed by atoms with E-state index < -0.39 is 11.6 Å². The molecule has 0 aromatic rings. The number of carbonyl (C=O) groups is 1. The molecule has 0 unspecified atom stereocenters. The summed E-state index contributed by atoms with van der Waals surface area (Å²) in [5, 5.41) is 8.03. The molecule has 0 heterocycles. The molecule has 0 saturated carbocycles. The molecule has 6 N–H and O–H groups in total. The quantitative estimate of drug-likeness (QED) is 0.281. The summed E-state index contributed by atoms with van der Waals surface area (Å²) in [6.45, 7) is 0. The molecule has 0 aliphatic carbocycles. The van der Waals surface area contributed by atoms with E-state index >= 15 is 0 Å². The number of nitrogens with two attached hydrogens (primary N) is 3. The molecule has 0 aliphatic heterocycles. The molecule has 1 amide bonds. The highest BCUT2D eigenvalue weighted by Crippen LogP contribution is 1.85. The van der Waals surface area contributed by atoms with Gasteiger partial charge in [0.25, 0.3) is 5.91 Å². The standard InChI is InChI=1S/C4H6N4O/c5-1-2(6)3(7)4(8)9/h6-7H2,(H2,8,9). The Morgan fingerprint density at radius 1 is 1.33 bits per heavy atom. The third-order valence-corrected chi connectivity index (χ3v) is 0.676. The van der Waals surface area contributed by atoms with E-state index in [9.17, 15) is 4.79 Å². The minimum atomic E-state index is -0.881. The maximum atomic E-state index is 10.1. The lowest BCUT2D eigenvalue weighted by atomic mass is 10.3. The zero-order valence-corrected chi connectivity index (χ0v) is 4.59. The molecule has 5 nitrogen and oxygen atoms in total. The highest BCUT2D eigenvalue weighted by Gasteiger charge is 2.02. The lowest BCUT2D eigenvalue weighted by molar-refractivity contribution is -0.114. The van der Waals surface area contributed by atoms with Crippen molar-refractivity contribution in [3.05, 3.63) is 11.4 Å². The largest absolute Gasteiger partial charge is 0.392 e. The second kappa shape index (κ2) is 2.57. The summed E-state index contributed by atoms with van der Waals surface area (Å²) in [6.07, 6.45) is 0. The van der Waals surface area contributed by atoms with Gasteiger partial charge in [0.1, 0.15) is 17.5 Å². The summed E-state index contributed by atoms with van der Waals surface area (Å²) in [5.41, 5.74) is 13.8. The number of nitrogens with zero attached hydrogens (tertiary/aromatic N) is 1. The fourth-order valence-electron chi connectivity index (χ4n) is 0.193. The van der Waals surface area contributed by atoms with Crippen LogP contribution in [0.4, 0.5) is 0 Å². The van der Waals surface area contributed by atoms with Crippen LogP contribution in [0.15, 0.2) is 11.4 Å². The first kappa shape index (κ1) is 7.30. The monoisotopic (exact) mass is 126 g/mol. The Bertz CT molecular complexity index is 199. The topological polar surface area (TPSA) is 119 Å². The maximum Gasteiger partial charge on any atom is 0.267 e. The number of amides is 1. The number of hydrogen-bond donors (Lipinski definition) is 3. The van der Waals surface area contributed by atoms with E-state index in [4.69, 9.17) is 16.7 Å². The Hall–Kier alpha value is -1.70. The van der Waals surface area contributed by atoms with Crippen LogP contribution < -0.4 is 17.2 Å². The molecule has 9 heavy (non-hydrogen) atoms. The molecule has 0 bridgehead atoms. The van der Waals surface area contributed by atoms with Crippen molar-refractivity contribution in [3.8, 4) is 6.07 Å². The van der Waals surface area contributed by atoms with Crippen LogP contribution in [0.1, 0.15) is 0 Å². The van der Waals surface area contributed by atoms with E-state index in [1.807, 2.05) is 0 Å². The highest BCUT2D eigenvalue weighted by molar-refractivity contribution is 5.92. The van der Waals surface area contributed by atoms with Gasteiger partial charge in [0, 0.05) is 0 Å². The van der Waals surface area contributed by atoms with Gasteiger partial charge in [-0.1, -0.05) is 0 Å². The van der Waals surface area contributed by atoms with Crippen LogP contribution in [0.25, 0.3) is 0 Å². The second-order valence-corrected chi connectivity index (χ2v) is 1.30. The predicted molar refractivity (Wildman–Crippen MR) is 30.2 cm³/mol. The molecule has 0 saturated heterocycles. The van der Waals surface area contributed by atoms with Crippen LogP contribution in [-0.2, 0) is 4.79 Å². The first-order valence-corrected chi connectivity index (χ1v) is 2.04. The van der Waals surface area contributed by atoms with E-state index in [1.165, 1.54) is 6.07 Å². The van der Waals surface area contributed by atoms with Crippen LogP contribution in [0.2, 0.25) is 0 Å². The fourth-order valence-corrected chi connectivity index (χ4v) is 0.193. The number of hydrogen-bond acceptors (Lipinski definition) is 4.